The van der Waals surface area contributed by atoms with Crippen LogP contribution in [0.2, 0.25) is 0 Å². The number of aromatic hydroxyl groups is 1. The van der Waals surface area contributed by atoms with E-state index < -0.39 is 66.8 Å². The van der Waals surface area contributed by atoms with Crippen LogP contribution in [0.25, 0.3) is 0 Å². The molecule has 2 heterocycles. The number of aliphatic hydroxyl groups is 5. The van der Waals surface area contributed by atoms with Gasteiger partial charge in [0.15, 0.2) is 0 Å². The lowest BCUT2D eigenvalue weighted by Gasteiger charge is -2.48. The van der Waals surface area contributed by atoms with Crippen LogP contribution in [0.1, 0.15) is 41.7 Å². The molecule has 3 aromatic rings. The fourth-order valence-corrected chi connectivity index (χ4v) is 5.81. The third-order valence-electron chi connectivity index (χ3n) is 8.17. The van der Waals surface area contributed by atoms with E-state index in [9.17, 15) is 44.2 Å². The highest BCUT2D eigenvalue weighted by atomic mass is 19.1. The molecule has 3 aromatic carbocycles. The molecule has 5 rings (SSSR count). The molecule has 9 nitrogen and oxygen atoms in total. The summed E-state index contributed by atoms with van der Waals surface area (Å²) in [6.07, 6.45) is -6.89. The van der Waals surface area contributed by atoms with E-state index in [0.29, 0.717) is 22.4 Å². The Labute approximate surface area is 240 Å². The number of amides is 1. The van der Waals surface area contributed by atoms with Crippen molar-refractivity contribution in [2.75, 3.05) is 11.5 Å². The second-order valence-electron chi connectivity index (χ2n) is 10.8. The van der Waals surface area contributed by atoms with Crippen LogP contribution in [0.15, 0.2) is 66.7 Å². The van der Waals surface area contributed by atoms with Crippen molar-refractivity contribution in [1.82, 2.24) is 0 Å². The maximum absolute atomic E-state index is 13.6. The standard InChI is InChI=1S/C31H33F2NO8/c32-18-4-2-17(3-5-18)23(36)12-11-22-27(34(31(22)41)20-8-6-19(33)7-9-20)21-10-1-16(13-24(21)37)14-25-28(38)30(40)29(39)26(15-35)42-25/h1-10,13,22-23,25-30,35-40H,11-12,14-15H2/t22-,23+,25+,26?,27-,28-,29-,30?/m1/s1. The average Bonchev–Trinajstić information content (AvgIpc) is 2.98. The topological polar surface area (TPSA) is 151 Å². The number of nitrogens with zero attached hydrogens (tertiary/aromatic N) is 1. The molecular formula is C31H33F2NO8. The van der Waals surface area contributed by atoms with Crippen molar-refractivity contribution in [1.29, 1.82) is 0 Å². The minimum Gasteiger partial charge on any atom is -0.508 e. The predicted molar refractivity (Wildman–Crippen MR) is 146 cm³/mol. The summed E-state index contributed by atoms with van der Waals surface area (Å²) in [5, 5.41) is 61.7. The normalized spacial score (nSPS) is 28.4. The van der Waals surface area contributed by atoms with E-state index in [2.05, 4.69) is 0 Å². The van der Waals surface area contributed by atoms with E-state index in [4.69, 9.17) is 4.74 Å². The molecule has 42 heavy (non-hydrogen) atoms. The zero-order chi connectivity index (χ0) is 30.1. The third kappa shape index (κ3) is 5.89. The van der Waals surface area contributed by atoms with Gasteiger partial charge in [-0.3, -0.25) is 4.79 Å². The molecule has 2 aliphatic heterocycles. The summed E-state index contributed by atoms with van der Waals surface area (Å²) in [5.74, 6) is -1.93. The lowest BCUT2D eigenvalue weighted by Crippen LogP contribution is -2.59. The van der Waals surface area contributed by atoms with Crippen LogP contribution >= 0.6 is 0 Å². The maximum Gasteiger partial charge on any atom is 0.233 e. The molecule has 0 saturated carbocycles. The van der Waals surface area contributed by atoms with Crippen molar-refractivity contribution in [2.45, 2.75) is 61.9 Å². The zero-order valence-corrected chi connectivity index (χ0v) is 22.5. The molecule has 2 fully saturated rings. The van der Waals surface area contributed by atoms with Gasteiger partial charge in [-0.1, -0.05) is 24.3 Å². The summed E-state index contributed by atoms with van der Waals surface area (Å²) < 4.78 is 32.5. The van der Waals surface area contributed by atoms with Crippen LogP contribution in [-0.2, 0) is 16.0 Å². The third-order valence-corrected chi connectivity index (χ3v) is 8.17. The molecule has 224 valence electrons. The van der Waals surface area contributed by atoms with E-state index >= 15 is 0 Å². The first-order valence-corrected chi connectivity index (χ1v) is 13.7. The van der Waals surface area contributed by atoms with Gasteiger partial charge in [-0.05, 0) is 66.4 Å². The Morgan fingerprint density at radius 3 is 2.10 bits per heavy atom. The number of phenolic OH excluding ortho intramolecular Hbond substituents is 1. The Bertz CT molecular complexity index is 1390. The van der Waals surface area contributed by atoms with Crippen LogP contribution in [-0.4, -0.2) is 73.7 Å². The number of rotatable bonds is 9. The lowest BCUT2D eigenvalue weighted by atomic mass is 9.77. The molecule has 0 spiro atoms. The number of benzene rings is 3. The van der Waals surface area contributed by atoms with E-state index in [-0.39, 0.29) is 30.9 Å². The van der Waals surface area contributed by atoms with Gasteiger partial charge in [0.2, 0.25) is 5.91 Å². The summed E-state index contributed by atoms with van der Waals surface area (Å²) in [5.41, 5.74) is 1.89. The number of anilines is 1. The van der Waals surface area contributed by atoms with Gasteiger partial charge in [0.05, 0.1) is 30.8 Å². The monoisotopic (exact) mass is 585 g/mol. The summed E-state index contributed by atoms with van der Waals surface area (Å²) >= 11 is 0. The Hall–Kier alpha value is -3.45. The molecule has 2 aliphatic rings. The van der Waals surface area contributed by atoms with Crippen molar-refractivity contribution in [3.8, 4) is 5.75 Å². The number of β-lactam (4-membered cyclic amide) rings is 1. The van der Waals surface area contributed by atoms with Gasteiger partial charge in [0.25, 0.3) is 0 Å². The van der Waals surface area contributed by atoms with Gasteiger partial charge >= 0.3 is 0 Å². The average molecular weight is 586 g/mol. The number of ether oxygens (including phenoxy) is 1. The van der Waals surface area contributed by atoms with Gasteiger partial charge in [-0.25, -0.2) is 8.78 Å². The minimum atomic E-state index is -1.52. The molecule has 0 radical (unpaired) electrons. The van der Waals surface area contributed by atoms with Crippen LogP contribution in [0.3, 0.4) is 0 Å². The Morgan fingerprint density at radius 1 is 0.857 bits per heavy atom. The number of hydrogen-bond donors (Lipinski definition) is 6. The number of hydrogen-bond acceptors (Lipinski definition) is 8. The summed E-state index contributed by atoms with van der Waals surface area (Å²) in [6.45, 7) is -0.558. The Morgan fingerprint density at radius 2 is 1.48 bits per heavy atom. The molecule has 1 amide bonds. The first-order chi connectivity index (χ1) is 20.1. The second-order valence-corrected chi connectivity index (χ2v) is 10.8. The largest absolute Gasteiger partial charge is 0.508 e. The molecule has 0 bridgehead atoms. The minimum absolute atomic E-state index is 0.0495. The van der Waals surface area contributed by atoms with Gasteiger partial charge in [-0.15, -0.1) is 0 Å². The van der Waals surface area contributed by atoms with Gasteiger partial charge < -0.3 is 40.3 Å². The highest BCUT2D eigenvalue weighted by Gasteiger charge is 2.49. The number of carbonyl (C=O) groups excluding carboxylic acids is 1. The quantitative estimate of drug-likeness (QED) is 0.210. The van der Waals surface area contributed by atoms with Gasteiger partial charge in [-0.2, -0.15) is 0 Å². The summed E-state index contributed by atoms with van der Waals surface area (Å²) in [7, 11) is 0. The molecular weight excluding hydrogens is 552 g/mol. The van der Waals surface area contributed by atoms with Crippen LogP contribution < -0.4 is 4.90 Å². The van der Waals surface area contributed by atoms with Crippen molar-refractivity contribution >= 4 is 11.6 Å². The molecule has 6 N–H and O–H groups in total. The van der Waals surface area contributed by atoms with Crippen molar-refractivity contribution in [3.05, 3.63) is 95.1 Å². The predicted octanol–water partition coefficient (Wildman–Crippen LogP) is 2.27. The van der Waals surface area contributed by atoms with Crippen LogP contribution in [0, 0.1) is 17.6 Å². The van der Waals surface area contributed by atoms with Crippen molar-refractivity contribution in [2.24, 2.45) is 5.92 Å². The maximum atomic E-state index is 13.6. The van der Waals surface area contributed by atoms with E-state index in [1.807, 2.05) is 0 Å². The zero-order valence-electron chi connectivity index (χ0n) is 22.5. The van der Waals surface area contributed by atoms with E-state index in [1.54, 1.807) is 12.1 Å². The smallest absolute Gasteiger partial charge is 0.233 e. The Kier molecular flexibility index (Phi) is 8.88. The van der Waals surface area contributed by atoms with E-state index in [0.717, 1.165) is 0 Å². The fraction of sp³-hybridized carbons (Fsp3) is 0.387. The van der Waals surface area contributed by atoms with Crippen molar-refractivity contribution < 1.29 is 49.0 Å². The van der Waals surface area contributed by atoms with Gasteiger partial charge in [0.1, 0.15) is 41.8 Å². The SMILES string of the molecule is O=C1[C@H](CC[C@H](O)c2ccc(F)cc2)[C@@H](c2ccc(C[C@@H]3OC(CO)[C@@H](O)C(O)[C@@H]3O)cc2O)N1c1ccc(F)cc1. The fourth-order valence-electron chi connectivity index (χ4n) is 5.81. The first kappa shape index (κ1) is 30.0. The van der Waals surface area contributed by atoms with Crippen LogP contribution in [0.4, 0.5) is 14.5 Å². The van der Waals surface area contributed by atoms with Crippen molar-refractivity contribution in [3.63, 3.8) is 0 Å². The van der Waals surface area contributed by atoms with Gasteiger partial charge in [0, 0.05) is 17.7 Å². The molecule has 8 atom stereocenters. The summed E-state index contributed by atoms with van der Waals surface area (Å²) in [4.78, 5) is 14.8. The molecule has 11 heteroatoms. The molecule has 0 aliphatic carbocycles. The number of phenols is 1. The highest BCUT2D eigenvalue weighted by Crippen LogP contribution is 2.48. The second kappa shape index (κ2) is 12.4. The van der Waals surface area contributed by atoms with Crippen LogP contribution in [0.5, 0.6) is 5.75 Å². The van der Waals surface area contributed by atoms with E-state index in [1.165, 1.54) is 59.5 Å². The lowest BCUT2D eigenvalue weighted by molar-refractivity contribution is -0.228. The molecule has 0 aromatic heterocycles. The number of carbonyl (C=O) groups is 1. The molecule has 2 saturated heterocycles. The first-order valence-electron chi connectivity index (χ1n) is 13.7. The summed E-state index contributed by atoms with van der Waals surface area (Å²) in [6, 6.07) is 15.0. The number of aliphatic hydroxyl groups excluding tert-OH is 5. The Balaban J connectivity index is 1.37. The number of halogens is 2. The highest BCUT2D eigenvalue weighted by molar-refractivity contribution is 6.03. The molecule has 2 unspecified atom stereocenters.